The van der Waals surface area contributed by atoms with Crippen LogP contribution in [0.5, 0.6) is 0 Å². The summed E-state index contributed by atoms with van der Waals surface area (Å²) < 4.78 is 3.56. The molecule has 6 nitrogen and oxygen atoms in total. The monoisotopic (exact) mass is 356 g/mol. The highest BCUT2D eigenvalue weighted by Crippen LogP contribution is 2.16. The van der Waals surface area contributed by atoms with E-state index in [4.69, 9.17) is 0 Å². The van der Waals surface area contributed by atoms with Crippen LogP contribution in [0.25, 0.3) is 5.69 Å². The molecule has 0 bridgehead atoms. The largest absolute Gasteiger partial charge is 0.350 e. The summed E-state index contributed by atoms with van der Waals surface area (Å²) in [7, 11) is 0. The van der Waals surface area contributed by atoms with E-state index in [1.165, 1.54) is 0 Å². The number of nitrogens with one attached hydrogen (secondary N) is 1. The Kier molecular flexibility index (Phi) is 5.14. The van der Waals surface area contributed by atoms with Crippen LogP contribution in [0.1, 0.15) is 30.6 Å². The van der Waals surface area contributed by atoms with Gasteiger partial charge in [-0.15, -0.1) is 0 Å². The number of aryl methyl sites for hydroxylation is 1. The van der Waals surface area contributed by atoms with Crippen molar-refractivity contribution in [3.63, 3.8) is 0 Å². The summed E-state index contributed by atoms with van der Waals surface area (Å²) in [6, 6.07) is 7.88. The Morgan fingerprint density at radius 2 is 2.08 bits per heavy atom. The third-order valence-electron chi connectivity index (χ3n) is 4.11. The Hall–Kier alpha value is -2.67. The van der Waals surface area contributed by atoms with E-state index < -0.39 is 0 Å². The van der Waals surface area contributed by atoms with Gasteiger partial charge >= 0.3 is 4.87 Å². The van der Waals surface area contributed by atoms with Gasteiger partial charge in [-0.25, -0.2) is 4.98 Å². The first-order chi connectivity index (χ1) is 12.0. The van der Waals surface area contributed by atoms with Gasteiger partial charge in [0.1, 0.15) is 0 Å². The molecule has 0 unspecified atom stereocenters. The van der Waals surface area contributed by atoms with E-state index in [0.29, 0.717) is 6.54 Å². The SMILES string of the molecule is Cc1csc(=O)n1CCC(=O)N[C@H](C)c1ccc(-n2ccnc2)cc1. The smallest absolute Gasteiger partial charge is 0.307 e. The molecular formula is C18H20N4O2S. The molecule has 0 fully saturated rings. The van der Waals surface area contributed by atoms with Crippen LogP contribution in [0.4, 0.5) is 0 Å². The molecule has 0 spiro atoms. The molecule has 3 rings (SSSR count). The molecule has 1 atom stereocenters. The molecule has 0 aliphatic rings. The Bertz CT molecular complexity index is 894. The van der Waals surface area contributed by atoms with Gasteiger partial charge in [-0.1, -0.05) is 23.5 Å². The molecule has 25 heavy (non-hydrogen) atoms. The van der Waals surface area contributed by atoms with E-state index in [-0.39, 0.29) is 23.2 Å². The van der Waals surface area contributed by atoms with E-state index in [0.717, 1.165) is 28.3 Å². The van der Waals surface area contributed by atoms with Crippen LogP contribution >= 0.6 is 11.3 Å². The van der Waals surface area contributed by atoms with E-state index in [1.807, 2.05) is 54.3 Å². The molecule has 7 heteroatoms. The van der Waals surface area contributed by atoms with Gasteiger partial charge in [-0.2, -0.15) is 0 Å². The number of aromatic nitrogens is 3. The molecule has 0 aliphatic carbocycles. The van der Waals surface area contributed by atoms with Gasteiger partial charge in [0, 0.05) is 42.1 Å². The van der Waals surface area contributed by atoms with Gasteiger partial charge in [-0.05, 0) is 31.5 Å². The molecule has 2 heterocycles. The van der Waals surface area contributed by atoms with Crippen molar-refractivity contribution in [3.05, 3.63) is 69.3 Å². The highest BCUT2D eigenvalue weighted by molar-refractivity contribution is 7.07. The second-order valence-electron chi connectivity index (χ2n) is 5.90. The van der Waals surface area contributed by atoms with Crippen LogP contribution in [0.15, 0.2) is 53.2 Å². The first-order valence-electron chi connectivity index (χ1n) is 8.07. The third kappa shape index (κ3) is 4.06. The predicted molar refractivity (Wildman–Crippen MR) is 98.1 cm³/mol. The maximum atomic E-state index is 12.2. The lowest BCUT2D eigenvalue weighted by Crippen LogP contribution is -2.28. The average Bonchev–Trinajstić information content (AvgIpc) is 3.24. The highest BCUT2D eigenvalue weighted by atomic mass is 32.1. The molecule has 1 amide bonds. The number of benzene rings is 1. The second-order valence-corrected chi connectivity index (χ2v) is 6.72. The zero-order valence-corrected chi connectivity index (χ0v) is 15.0. The van der Waals surface area contributed by atoms with E-state index in [2.05, 4.69) is 10.3 Å². The second kappa shape index (κ2) is 7.48. The van der Waals surface area contributed by atoms with Gasteiger partial charge in [0.25, 0.3) is 0 Å². The minimum atomic E-state index is -0.0929. The number of nitrogens with zero attached hydrogens (tertiary/aromatic N) is 3. The Morgan fingerprint density at radius 3 is 2.68 bits per heavy atom. The summed E-state index contributed by atoms with van der Waals surface area (Å²) in [5, 5.41) is 4.79. The number of amides is 1. The summed E-state index contributed by atoms with van der Waals surface area (Å²) in [6.45, 7) is 4.23. The summed E-state index contributed by atoms with van der Waals surface area (Å²) in [4.78, 5) is 27.8. The topological polar surface area (TPSA) is 68.9 Å². The third-order valence-corrected chi connectivity index (χ3v) is 4.99. The fourth-order valence-electron chi connectivity index (χ4n) is 2.63. The Balaban J connectivity index is 1.57. The fourth-order valence-corrected chi connectivity index (χ4v) is 3.39. The number of hydrogen-bond acceptors (Lipinski definition) is 4. The maximum Gasteiger partial charge on any atom is 0.307 e. The first kappa shape index (κ1) is 17.2. The molecule has 0 aliphatic heterocycles. The molecule has 0 saturated heterocycles. The number of carbonyl (C=O) groups is 1. The minimum absolute atomic E-state index is 0.0200. The van der Waals surface area contributed by atoms with Crippen LogP contribution in [-0.2, 0) is 11.3 Å². The normalized spacial score (nSPS) is 12.1. The Morgan fingerprint density at radius 1 is 1.32 bits per heavy atom. The number of carbonyl (C=O) groups excluding carboxylic acids is 1. The average molecular weight is 356 g/mol. The lowest BCUT2D eigenvalue weighted by Gasteiger charge is -2.15. The molecule has 130 valence electrons. The predicted octanol–water partition coefficient (Wildman–Crippen LogP) is 2.67. The van der Waals surface area contributed by atoms with Crippen molar-refractivity contribution >= 4 is 17.2 Å². The van der Waals surface area contributed by atoms with Crippen molar-refractivity contribution in [2.75, 3.05) is 0 Å². The Labute approximate surface area is 149 Å². The molecule has 3 aromatic rings. The maximum absolute atomic E-state index is 12.2. The van der Waals surface area contributed by atoms with E-state index in [9.17, 15) is 9.59 Å². The van der Waals surface area contributed by atoms with Gasteiger partial charge in [0.2, 0.25) is 5.91 Å². The zero-order chi connectivity index (χ0) is 17.8. The number of rotatable bonds is 6. The summed E-state index contributed by atoms with van der Waals surface area (Å²) in [6.07, 6.45) is 5.65. The van der Waals surface area contributed by atoms with Gasteiger partial charge < -0.3 is 14.5 Å². The van der Waals surface area contributed by atoms with Crippen molar-refractivity contribution in [1.29, 1.82) is 0 Å². The highest BCUT2D eigenvalue weighted by Gasteiger charge is 2.11. The standard InChI is InChI=1S/C18H20N4O2S/c1-13-11-25-18(24)22(13)9-7-17(23)20-14(2)15-3-5-16(6-4-15)21-10-8-19-12-21/h3-6,8,10-12,14H,7,9H2,1-2H3,(H,20,23)/t14-/m1/s1. The van der Waals surface area contributed by atoms with Crippen molar-refractivity contribution in [3.8, 4) is 5.69 Å². The van der Waals surface area contributed by atoms with Crippen molar-refractivity contribution in [1.82, 2.24) is 19.4 Å². The van der Waals surface area contributed by atoms with E-state index in [1.54, 1.807) is 17.1 Å². The van der Waals surface area contributed by atoms with Crippen LogP contribution in [0, 0.1) is 6.92 Å². The van der Waals surface area contributed by atoms with Gasteiger partial charge in [0.05, 0.1) is 12.4 Å². The van der Waals surface area contributed by atoms with Crippen LogP contribution in [0.3, 0.4) is 0 Å². The minimum Gasteiger partial charge on any atom is -0.350 e. The first-order valence-corrected chi connectivity index (χ1v) is 8.95. The molecule has 1 N–H and O–H groups in total. The number of imidazole rings is 1. The lowest BCUT2D eigenvalue weighted by atomic mass is 10.1. The van der Waals surface area contributed by atoms with Crippen molar-refractivity contribution in [2.24, 2.45) is 0 Å². The summed E-state index contributed by atoms with van der Waals surface area (Å²) >= 11 is 1.16. The van der Waals surface area contributed by atoms with Crippen molar-refractivity contribution < 1.29 is 4.79 Å². The quantitative estimate of drug-likeness (QED) is 0.738. The molecule has 2 aromatic heterocycles. The molecule has 0 radical (unpaired) electrons. The zero-order valence-electron chi connectivity index (χ0n) is 14.2. The van der Waals surface area contributed by atoms with Crippen LogP contribution in [0.2, 0.25) is 0 Å². The molecular weight excluding hydrogens is 336 g/mol. The van der Waals surface area contributed by atoms with Gasteiger partial charge in [-0.3, -0.25) is 9.59 Å². The molecule has 0 saturated carbocycles. The van der Waals surface area contributed by atoms with E-state index >= 15 is 0 Å². The number of hydrogen-bond donors (Lipinski definition) is 1. The summed E-state index contributed by atoms with van der Waals surface area (Å²) in [5.74, 6) is -0.0660. The van der Waals surface area contributed by atoms with Crippen LogP contribution in [-0.4, -0.2) is 20.0 Å². The van der Waals surface area contributed by atoms with Crippen molar-refractivity contribution in [2.45, 2.75) is 32.9 Å². The fraction of sp³-hybridized carbons (Fsp3) is 0.278. The number of thiazole rings is 1. The molecule has 1 aromatic carbocycles. The summed E-state index contributed by atoms with van der Waals surface area (Å²) in [5.41, 5.74) is 2.94. The van der Waals surface area contributed by atoms with Crippen LogP contribution < -0.4 is 10.2 Å². The lowest BCUT2D eigenvalue weighted by molar-refractivity contribution is -0.121. The van der Waals surface area contributed by atoms with Gasteiger partial charge in [0.15, 0.2) is 0 Å².